The lowest BCUT2D eigenvalue weighted by molar-refractivity contribution is 0.276. The quantitative estimate of drug-likeness (QED) is 0.645. The molecule has 0 amide bonds. The predicted octanol–water partition coefficient (Wildman–Crippen LogP) is 1.30. The number of nitrogen functional groups attached to an aromatic ring is 1. The van der Waals surface area contributed by atoms with Crippen molar-refractivity contribution in [2.45, 2.75) is 12.5 Å². The zero-order valence-electron chi connectivity index (χ0n) is 7.20. The Morgan fingerprint density at radius 1 is 1.46 bits per heavy atom. The van der Waals surface area contributed by atoms with Gasteiger partial charge in [0, 0.05) is 23.4 Å². The fraction of sp³-hybridized carbons (Fsp3) is 0.333. The smallest absolute Gasteiger partial charge is 0.0474 e. The van der Waals surface area contributed by atoms with Gasteiger partial charge in [0.15, 0.2) is 0 Å². The minimum atomic E-state index is -0.224. The minimum Gasteiger partial charge on any atom is -0.399 e. The van der Waals surface area contributed by atoms with E-state index in [1.807, 2.05) is 0 Å². The number of nitrogens with two attached hydrogens (primary N) is 2. The molecule has 0 aliphatic carbocycles. The Hall–Kier alpha value is -0.770. The third-order valence-electron chi connectivity index (χ3n) is 1.86. The normalized spacial score (nSPS) is 12.8. The van der Waals surface area contributed by atoms with Crippen molar-refractivity contribution >= 4 is 17.3 Å². The molecule has 0 bridgehead atoms. The SMILES string of the molecule is Nc1ccc([C@H](N)CCO)c(Cl)c1. The molecule has 0 heterocycles. The van der Waals surface area contributed by atoms with Gasteiger partial charge in [0.05, 0.1) is 0 Å². The van der Waals surface area contributed by atoms with Crippen molar-refractivity contribution in [1.82, 2.24) is 0 Å². The van der Waals surface area contributed by atoms with Crippen LogP contribution in [0.25, 0.3) is 0 Å². The van der Waals surface area contributed by atoms with Gasteiger partial charge < -0.3 is 16.6 Å². The Labute approximate surface area is 82.3 Å². The van der Waals surface area contributed by atoms with E-state index in [9.17, 15) is 0 Å². The van der Waals surface area contributed by atoms with Crippen molar-refractivity contribution in [2.24, 2.45) is 5.73 Å². The second-order valence-electron chi connectivity index (χ2n) is 2.90. The standard InChI is InChI=1S/C9H13ClN2O/c10-8-5-6(11)1-2-7(8)9(12)3-4-13/h1-2,5,9,13H,3-4,11-12H2/t9-/m1/s1. The maximum absolute atomic E-state index is 8.70. The summed E-state index contributed by atoms with van der Waals surface area (Å²) in [6.45, 7) is 0.0574. The summed E-state index contributed by atoms with van der Waals surface area (Å²) in [5.74, 6) is 0. The molecule has 1 aromatic rings. The molecule has 0 saturated carbocycles. The van der Waals surface area contributed by atoms with E-state index >= 15 is 0 Å². The number of benzene rings is 1. The number of aliphatic hydroxyl groups is 1. The Kier molecular flexibility index (Phi) is 3.54. The lowest BCUT2D eigenvalue weighted by Gasteiger charge is -2.12. The number of anilines is 1. The highest BCUT2D eigenvalue weighted by Crippen LogP contribution is 2.25. The number of hydrogen-bond donors (Lipinski definition) is 3. The van der Waals surface area contributed by atoms with Crippen LogP contribution in [0.2, 0.25) is 5.02 Å². The molecule has 3 nitrogen and oxygen atoms in total. The molecule has 4 heteroatoms. The van der Waals surface area contributed by atoms with Crippen LogP contribution in [0.15, 0.2) is 18.2 Å². The zero-order valence-corrected chi connectivity index (χ0v) is 7.96. The molecule has 0 aliphatic rings. The van der Waals surface area contributed by atoms with Crippen LogP contribution >= 0.6 is 11.6 Å². The van der Waals surface area contributed by atoms with Gasteiger partial charge in [0.1, 0.15) is 0 Å². The average Bonchev–Trinajstić information content (AvgIpc) is 2.04. The van der Waals surface area contributed by atoms with Crippen LogP contribution in [0, 0.1) is 0 Å². The van der Waals surface area contributed by atoms with Crippen molar-refractivity contribution in [1.29, 1.82) is 0 Å². The van der Waals surface area contributed by atoms with Crippen molar-refractivity contribution in [3.8, 4) is 0 Å². The van der Waals surface area contributed by atoms with E-state index in [-0.39, 0.29) is 12.6 Å². The van der Waals surface area contributed by atoms with Crippen molar-refractivity contribution in [2.75, 3.05) is 12.3 Å². The molecule has 5 N–H and O–H groups in total. The largest absolute Gasteiger partial charge is 0.399 e. The molecule has 72 valence electrons. The summed E-state index contributed by atoms with van der Waals surface area (Å²) < 4.78 is 0. The maximum atomic E-state index is 8.70. The zero-order chi connectivity index (χ0) is 9.84. The topological polar surface area (TPSA) is 72.3 Å². The summed E-state index contributed by atoms with van der Waals surface area (Å²) in [5, 5.41) is 9.25. The van der Waals surface area contributed by atoms with E-state index < -0.39 is 0 Å². The summed E-state index contributed by atoms with van der Waals surface area (Å²) in [6, 6.07) is 4.97. The van der Waals surface area contributed by atoms with Crippen LogP contribution in [0.5, 0.6) is 0 Å². The average molecular weight is 201 g/mol. The number of hydrogen-bond acceptors (Lipinski definition) is 3. The van der Waals surface area contributed by atoms with Gasteiger partial charge in [-0.2, -0.15) is 0 Å². The van der Waals surface area contributed by atoms with E-state index in [1.54, 1.807) is 18.2 Å². The Balaban J connectivity index is 2.88. The maximum Gasteiger partial charge on any atom is 0.0474 e. The van der Waals surface area contributed by atoms with Crippen LogP contribution < -0.4 is 11.5 Å². The molecule has 1 aromatic carbocycles. The van der Waals surface area contributed by atoms with Gasteiger partial charge in [-0.3, -0.25) is 0 Å². The van der Waals surface area contributed by atoms with Crippen LogP contribution in [0.4, 0.5) is 5.69 Å². The fourth-order valence-electron chi connectivity index (χ4n) is 1.14. The molecule has 1 atom stereocenters. The van der Waals surface area contributed by atoms with Crippen molar-refractivity contribution < 1.29 is 5.11 Å². The number of aliphatic hydroxyl groups excluding tert-OH is 1. The molecule has 13 heavy (non-hydrogen) atoms. The minimum absolute atomic E-state index is 0.0574. The lowest BCUT2D eigenvalue weighted by Crippen LogP contribution is -2.12. The lowest BCUT2D eigenvalue weighted by atomic mass is 10.0. The van der Waals surface area contributed by atoms with E-state index in [0.29, 0.717) is 17.1 Å². The molecule has 1 rings (SSSR count). The number of halogens is 1. The third kappa shape index (κ3) is 2.59. The second-order valence-corrected chi connectivity index (χ2v) is 3.31. The van der Waals surface area contributed by atoms with Gasteiger partial charge in [-0.05, 0) is 24.1 Å². The van der Waals surface area contributed by atoms with Crippen LogP contribution in [-0.2, 0) is 0 Å². The van der Waals surface area contributed by atoms with Gasteiger partial charge in [0.2, 0.25) is 0 Å². The van der Waals surface area contributed by atoms with E-state index in [0.717, 1.165) is 5.56 Å². The molecule has 0 saturated heterocycles. The van der Waals surface area contributed by atoms with Gasteiger partial charge >= 0.3 is 0 Å². The summed E-state index contributed by atoms with van der Waals surface area (Å²) in [5.41, 5.74) is 12.7. The van der Waals surface area contributed by atoms with Crippen molar-refractivity contribution in [3.05, 3.63) is 28.8 Å². The van der Waals surface area contributed by atoms with Gasteiger partial charge in [-0.15, -0.1) is 0 Å². The highest BCUT2D eigenvalue weighted by molar-refractivity contribution is 6.31. The van der Waals surface area contributed by atoms with Crippen molar-refractivity contribution in [3.63, 3.8) is 0 Å². The first-order valence-corrected chi connectivity index (χ1v) is 4.44. The molecular weight excluding hydrogens is 188 g/mol. The molecular formula is C9H13ClN2O. The summed E-state index contributed by atoms with van der Waals surface area (Å²) >= 11 is 5.92. The fourth-order valence-corrected chi connectivity index (χ4v) is 1.47. The second kappa shape index (κ2) is 4.46. The summed E-state index contributed by atoms with van der Waals surface area (Å²) in [7, 11) is 0. The van der Waals surface area contributed by atoms with E-state index in [4.69, 9.17) is 28.2 Å². The first kappa shape index (κ1) is 10.3. The Morgan fingerprint density at radius 3 is 2.69 bits per heavy atom. The van der Waals surface area contributed by atoms with Gasteiger partial charge in [0.25, 0.3) is 0 Å². The Morgan fingerprint density at radius 2 is 2.15 bits per heavy atom. The summed E-state index contributed by atoms with van der Waals surface area (Å²) in [4.78, 5) is 0. The Bertz CT molecular complexity index is 291. The first-order chi connectivity index (χ1) is 6.15. The molecule has 0 radical (unpaired) electrons. The van der Waals surface area contributed by atoms with E-state index in [2.05, 4.69) is 0 Å². The van der Waals surface area contributed by atoms with Crippen LogP contribution in [0.3, 0.4) is 0 Å². The highest BCUT2D eigenvalue weighted by Gasteiger charge is 2.09. The summed E-state index contributed by atoms with van der Waals surface area (Å²) in [6.07, 6.45) is 0.504. The molecule has 0 aliphatic heterocycles. The predicted molar refractivity (Wildman–Crippen MR) is 54.5 cm³/mol. The molecule has 0 spiro atoms. The third-order valence-corrected chi connectivity index (χ3v) is 2.19. The molecule has 0 fully saturated rings. The van der Waals surface area contributed by atoms with E-state index in [1.165, 1.54) is 0 Å². The number of rotatable bonds is 3. The van der Waals surface area contributed by atoms with Crippen LogP contribution in [-0.4, -0.2) is 11.7 Å². The van der Waals surface area contributed by atoms with Crippen LogP contribution in [0.1, 0.15) is 18.0 Å². The molecule has 0 unspecified atom stereocenters. The molecule has 0 aromatic heterocycles. The monoisotopic (exact) mass is 200 g/mol. The first-order valence-electron chi connectivity index (χ1n) is 4.06. The van der Waals surface area contributed by atoms with Gasteiger partial charge in [-0.1, -0.05) is 17.7 Å². The highest BCUT2D eigenvalue weighted by atomic mass is 35.5. The van der Waals surface area contributed by atoms with Gasteiger partial charge in [-0.25, -0.2) is 0 Å².